The van der Waals surface area contributed by atoms with Crippen LogP contribution < -0.4 is 16.8 Å². The number of hydrogen-bond donors (Lipinski definition) is 3. The molecule has 1 atom stereocenters. The molecule has 0 radical (unpaired) electrons. The van der Waals surface area contributed by atoms with Crippen molar-refractivity contribution in [3.05, 3.63) is 83.4 Å². The number of nitrogens with one attached hydrogen (secondary N) is 1. The van der Waals surface area contributed by atoms with Crippen LogP contribution in [0.4, 0.5) is 15.9 Å². The molecular formula is C21H18FN7. The number of nitrogens with two attached hydrogens (primary N) is 2. The van der Waals surface area contributed by atoms with Crippen molar-refractivity contribution in [2.75, 3.05) is 11.1 Å². The second-order valence-corrected chi connectivity index (χ2v) is 7.03. The van der Waals surface area contributed by atoms with Gasteiger partial charge in [-0.15, -0.1) is 0 Å². The molecule has 8 heteroatoms. The van der Waals surface area contributed by atoms with Crippen molar-refractivity contribution < 1.29 is 4.39 Å². The molecule has 29 heavy (non-hydrogen) atoms. The molecule has 3 heterocycles. The number of nitrogens with zero attached hydrogens (tertiary/aromatic N) is 4. The van der Waals surface area contributed by atoms with Gasteiger partial charge in [0.15, 0.2) is 5.66 Å². The number of pyridine rings is 1. The molecule has 4 aromatic rings. The van der Waals surface area contributed by atoms with Gasteiger partial charge in [-0.25, -0.2) is 14.4 Å². The van der Waals surface area contributed by atoms with E-state index in [1.807, 2.05) is 28.9 Å². The maximum atomic E-state index is 13.5. The molecule has 0 spiro atoms. The van der Waals surface area contributed by atoms with E-state index < -0.39 is 5.66 Å². The quantitative estimate of drug-likeness (QED) is 0.501. The standard InChI is InChI=1S/C21H18FN7/c22-16-3-1-2-13(6-16)11-29-19-5-4-15(7-14(19)9-28-29)21(24)17-8-20(23)25-10-18(17)26-12-27-21/h1-10,12H,11,24H2,(H2,23,25)(H,26,27). The van der Waals surface area contributed by atoms with Gasteiger partial charge < -0.3 is 11.1 Å². The molecule has 0 amide bonds. The Hall–Kier alpha value is -3.78. The van der Waals surface area contributed by atoms with E-state index in [0.29, 0.717) is 12.4 Å². The molecule has 1 unspecified atom stereocenters. The first kappa shape index (κ1) is 17.3. The van der Waals surface area contributed by atoms with Gasteiger partial charge in [0, 0.05) is 10.9 Å². The molecule has 144 valence electrons. The van der Waals surface area contributed by atoms with E-state index in [1.165, 1.54) is 12.1 Å². The highest BCUT2D eigenvalue weighted by Gasteiger charge is 2.34. The number of benzene rings is 2. The van der Waals surface area contributed by atoms with Crippen molar-refractivity contribution in [3.63, 3.8) is 0 Å². The van der Waals surface area contributed by atoms with Crippen LogP contribution >= 0.6 is 0 Å². The minimum atomic E-state index is -1.09. The number of rotatable bonds is 3. The van der Waals surface area contributed by atoms with Gasteiger partial charge in [-0.1, -0.05) is 18.2 Å². The van der Waals surface area contributed by atoms with E-state index in [1.54, 1.807) is 30.9 Å². The lowest BCUT2D eigenvalue weighted by molar-refractivity contribution is 0.571. The Balaban J connectivity index is 1.56. The summed E-state index contributed by atoms with van der Waals surface area (Å²) < 4.78 is 15.3. The van der Waals surface area contributed by atoms with Crippen molar-refractivity contribution in [1.82, 2.24) is 14.8 Å². The lowest BCUT2D eigenvalue weighted by Crippen LogP contribution is -2.39. The van der Waals surface area contributed by atoms with E-state index in [-0.39, 0.29) is 5.82 Å². The first-order valence-electron chi connectivity index (χ1n) is 9.08. The highest BCUT2D eigenvalue weighted by atomic mass is 19.1. The molecule has 2 aromatic carbocycles. The van der Waals surface area contributed by atoms with Crippen LogP contribution in [0.3, 0.4) is 0 Å². The summed E-state index contributed by atoms with van der Waals surface area (Å²) in [5.41, 5.74) is 15.6. The van der Waals surface area contributed by atoms with Crippen LogP contribution in [0.25, 0.3) is 10.9 Å². The largest absolute Gasteiger partial charge is 0.384 e. The van der Waals surface area contributed by atoms with Gasteiger partial charge in [-0.2, -0.15) is 5.10 Å². The molecule has 7 nitrogen and oxygen atoms in total. The minimum Gasteiger partial charge on any atom is -0.384 e. The number of anilines is 2. The van der Waals surface area contributed by atoms with E-state index >= 15 is 0 Å². The van der Waals surface area contributed by atoms with Crippen LogP contribution in [0.1, 0.15) is 16.7 Å². The minimum absolute atomic E-state index is 0.262. The van der Waals surface area contributed by atoms with Gasteiger partial charge in [0.25, 0.3) is 0 Å². The Morgan fingerprint density at radius 1 is 1.10 bits per heavy atom. The number of aromatic nitrogens is 3. The summed E-state index contributed by atoms with van der Waals surface area (Å²) in [5.74, 6) is 0.115. The maximum absolute atomic E-state index is 13.5. The molecule has 0 aliphatic carbocycles. The summed E-state index contributed by atoms with van der Waals surface area (Å²) in [5, 5.41) is 8.43. The van der Waals surface area contributed by atoms with E-state index in [4.69, 9.17) is 11.5 Å². The Kier molecular flexibility index (Phi) is 3.82. The highest BCUT2D eigenvalue weighted by molar-refractivity contribution is 5.84. The Morgan fingerprint density at radius 3 is 2.86 bits per heavy atom. The number of fused-ring (bicyclic) bond motifs is 2. The fraction of sp³-hybridized carbons (Fsp3) is 0.0952. The normalized spacial score (nSPS) is 17.9. The zero-order chi connectivity index (χ0) is 20.0. The predicted octanol–water partition coefficient (Wildman–Crippen LogP) is 2.81. The van der Waals surface area contributed by atoms with Gasteiger partial charge in [0.1, 0.15) is 11.6 Å². The molecule has 1 aliphatic rings. The van der Waals surface area contributed by atoms with Crippen LogP contribution in [-0.4, -0.2) is 21.1 Å². The average molecular weight is 387 g/mol. The zero-order valence-corrected chi connectivity index (χ0v) is 15.4. The molecule has 0 saturated carbocycles. The van der Waals surface area contributed by atoms with Crippen LogP contribution in [0.5, 0.6) is 0 Å². The molecule has 5 N–H and O–H groups in total. The van der Waals surface area contributed by atoms with Crippen molar-refractivity contribution in [3.8, 4) is 0 Å². The highest BCUT2D eigenvalue weighted by Crippen LogP contribution is 2.37. The lowest BCUT2D eigenvalue weighted by Gasteiger charge is -2.31. The first-order valence-corrected chi connectivity index (χ1v) is 9.08. The molecule has 0 saturated heterocycles. The Morgan fingerprint density at radius 2 is 2.00 bits per heavy atom. The fourth-order valence-electron chi connectivity index (χ4n) is 3.66. The number of nitrogen functional groups attached to an aromatic ring is 1. The smallest absolute Gasteiger partial charge is 0.163 e. The average Bonchev–Trinajstić information content (AvgIpc) is 3.11. The SMILES string of the molecule is Nc1cc2c(cn1)NC=NC2(N)c1ccc2c(cnn2Cc2cccc(F)c2)c1. The summed E-state index contributed by atoms with van der Waals surface area (Å²) in [6.45, 7) is 0.474. The van der Waals surface area contributed by atoms with Crippen LogP contribution in [-0.2, 0) is 12.2 Å². The van der Waals surface area contributed by atoms with Gasteiger partial charge in [0.05, 0.1) is 36.5 Å². The first-order chi connectivity index (χ1) is 14.0. The van der Waals surface area contributed by atoms with E-state index in [0.717, 1.165) is 33.3 Å². The molecular weight excluding hydrogens is 369 g/mol. The van der Waals surface area contributed by atoms with E-state index in [9.17, 15) is 4.39 Å². The molecule has 1 aliphatic heterocycles. The zero-order valence-electron chi connectivity index (χ0n) is 15.4. The van der Waals surface area contributed by atoms with Crippen LogP contribution in [0, 0.1) is 5.82 Å². The fourth-order valence-corrected chi connectivity index (χ4v) is 3.66. The number of aliphatic imine (C=N–C) groups is 1. The summed E-state index contributed by atoms with van der Waals surface area (Å²) in [6.07, 6.45) is 4.99. The van der Waals surface area contributed by atoms with Crippen molar-refractivity contribution in [2.24, 2.45) is 10.7 Å². The monoisotopic (exact) mass is 387 g/mol. The summed E-state index contributed by atoms with van der Waals surface area (Å²) in [7, 11) is 0. The molecule has 5 rings (SSSR count). The third kappa shape index (κ3) is 2.90. The van der Waals surface area contributed by atoms with Crippen LogP contribution in [0.2, 0.25) is 0 Å². The third-order valence-electron chi connectivity index (χ3n) is 5.13. The Bertz CT molecular complexity index is 1260. The second kappa shape index (κ2) is 6.39. The van der Waals surface area contributed by atoms with Gasteiger partial charge >= 0.3 is 0 Å². The second-order valence-electron chi connectivity index (χ2n) is 7.03. The van der Waals surface area contributed by atoms with Crippen LogP contribution in [0.15, 0.2) is 65.9 Å². The third-order valence-corrected chi connectivity index (χ3v) is 5.13. The van der Waals surface area contributed by atoms with E-state index in [2.05, 4.69) is 20.4 Å². The van der Waals surface area contributed by atoms with Crippen molar-refractivity contribution in [1.29, 1.82) is 0 Å². The molecule has 2 aromatic heterocycles. The number of hydrogen-bond acceptors (Lipinski definition) is 6. The topological polar surface area (TPSA) is 107 Å². The summed E-state index contributed by atoms with van der Waals surface area (Å²) in [4.78, 5) is 8.60. The molecule has 0 bridgehead atoms. The molecule has 0 fully saturated rings. The van der Waals surface area contributed by atoms with Gasteiger partial charge in [0.2, 0.25) is 0 Å². The van der Waals surface area contributed by atoms with Gasteiger partial charge in [-0.05, 0) is 41.5 Å². The van der Waals surface area contributed by atoms with Gasteiger partial charge in [-0.3, -0.25) is 10.4 Å². The summed E-state index contributed by atoms with van der Waals surface area (Å²) in [6, 6.07) is 14.1. The van der Waals surface area contributed by atoms with Crippen molar-refractivity contribution >= 4 is 28.7 Å². The summed E-state index contributed by atoms with van der Waals surface area (Å²) >= 11 is 0. The Labute approximate surface area is 165 Å². The predicted molar refractivity (Wildman–Crippen MR) is 111 cm³/mol. The number of halogens is 1. The van der Waals surface area contributed by atoms with Crippen molar-refractivity contribution in [2.45, 2.75) is 12.2 Å². The lowest BCUT2D eigenvalue weighted by atomic mass is 9.90. The maximum Gasteiger partial charge on any atom is 0.163 e.